The van der Waals surface area contributed by atoms with Gasteiger partial charge in [-0.2, -0.15) is 13.2 Å². The topological polar surface area (TPSA) is 66.8 Å². The second kappa shape index (κ2) is 5.59. The van der Waals surface area contributed by atoms with E-state index < -0.39 is 24.7 Å². The first-order valence-electron chi connectivity index (χ1n) is 6.48. The first-order chi connectivity index (χ1) is 9.29. The van der Waals surface area contributed by atoms with Crippen LogP contribution >= 0.6 is 0 Å². The molecule has 0 aromatic heterocycles. The van der Waals surface area contributed by atoms with Gasteiger partial charge in [-0.3, -0.25) is 9.59 Å². The fourth-order valence-electron chi connectivity index (χ4n) is 3.12. The van der Waals surface area contributed by atoms with Crippen molar-refractivity contribution in [1.29, 1.82) is 0 Å². The minimum absolute atomic E-state index is 0.0868. The lowest BCUT2D eigenvalue weighted by atomic mass is 9.89. The van der Waals surface area contributed by atoms with E-state index in [-0.39, 0.29) is 31.0 Å². The van der Waals surface area contributed by atoms with E-state index in [0.717, 1.165) is 6.42 Å². The molecule has 20 heavy (non-hydrogen) atoms. The van der Waals surface area contributed by atoms with Gasteiger partial charge in [-0.1, -0.05) is 0 Å². The maximum atomic E-state index is 12.0. The van der Waals surface area contributed by atoms with Crippen LogP contribution in [0.15, 0.2) is 0 Å². The molecule has 5 nitrogen and oxygen atoms in total. The van der Waals surface area contributed by atoms with Crippen molar-refractivity contribution >= 4 is 11.9 Å². The molecule has 0 radical (unpaired) electrons. The molecule has 2 heterocycles. The van der Waals surface area contributed by atoms with Crippen molar-refractivity contribution in [2.45, 2.75) is 43.9 Å². The fraction of sp³-hybridized carbons (Fsp3) is 0.833. The standard InChI is InChI=1S/C12H16F3NO4/c13-12(14,15)6-20-4-3-10(17)16-7-1-2-9(16)8(5-7)11(18)19/h7-9H,1-6H2,(H,18,19). The van der Waals surface area contributed by atoms with E-state index in [9.17, 15) is 22.8 Å². The Bertz CT molecular complexity index is 399. The van der Waals surface area contributed by atoms with Crippen LogP contribution in [0.5, 0.6) is 0 Å². The van der Waals surface area contributed by atoms with E-state index in [1.54, 1.807) is 0 Å². The highest BCUT2D eigenvalue weighted by Gasteiger charge is 2.50. The number of fused-ring (bicyclic) bond motifs is 2. The molecule has 1 N–H and O–H groups in total. The van der Waals surface area contributed by atoms with Gasteiger partial charge in [-0.05, 0) is 19.3 Å². The fourth-order valence-corrected chi connectivity index (χ4v) is 3.12. The Labute approximate surface area is 113 Å². The van der Waals surface area contributed by atoms with Crippen LogP contribution in [0.3, 0.4) is 0 Å². The van der Waals surface area contributed by atoms with E-state index in [2.05, 4.69) is 4.74 Å². The molecule has 1 amide bonds. The molecule has 3 atom stereocenters. The van der Waals surface area contributed by atoms with Gasteiger partial charge in [0.2, 0.25) is 5.91 Å². The summed E-state index contributed by atoms with van der Waals surface area (Å²) in [5.74, 6) is -1.78. The lowest BCUT2D eigenvalue weighted by Crippen LogP contribution is -2.38. The maximum absolute atomic E-state index is 12.0. The molecule has 2 aliphatic heterocycles. The zero-order valence-electron chi connectivity index (χ0n) is 10.7. The molecule has 0 aliphatic carbocycles. The number of nitrogens with zero attached hydrogens (tertiary/aromatic N) is 1. The summed E-state index contributed by atoms with van der Waals surface area (Å²) in [6.45, 7) is -1.67. The average molecular weight is 295 g/mol. The van der Waals surface area contributed by atoms with E-state index in [0.29, 0.717) is 12.8 Å². The van der Waals surface area contributed by atoms with Crippen LogP contribution in [0.25, 0.3) is 0 Å². The predicted molar refractivity (Wildman–Crippen MR) is 60.9 cm³/mol. The summed E-state index contributed by atoms with van der Waals surface area (Å²) in [5, 5.41) is 9.05. The Morgan fingerprint density at radius 2 is 2.00 bits per heavy atom. The summed E-state index contributed by atoms with van der Waals surface area (Å²) in [7, 11) is 0. The molecule has 8 heteroatoms. The number of hydrogen-bond donors (Lipinski definition) is 1. The lowest BCUT2D eigenvalue weighted by molar-refractivity contribution is -0.175. The van der Waals surface area contributed by atoms with Crippen molar-refractivity contribution in [3.63, 3.8) is 0 Å². The summed E-state index contributed by atoms with van der Waals surface area (Å²) < 4.78 is 40.0. The van der Waals surface area contributed by atoms with Crippen LogP contribution in [0.1, 0.15) is 25.7 Å². The van der Waals surface area contributed by atoms with Gasteiger partial charge in [0.05, 0.1) is 18.9 Å². The highest BCUT2D eigenvalue weighted by molar-refractivity contribution is 5.80. The highest BCUT2D eigenvalue weighted by atomic mass is 19.4. The Morgan fingerprint density at radius 3 is 2.55 bits per heavy atom. The van der Waals surface area contributed by atoms with E-state index in [4.69, 9.17) is 5.11 Å². The number of ether oxygens (including phenoxy) is 1. The molecule has 2 aliphatic rings. The number of alkyl halides is 3. The van der Waals surface area contributed by atoms with Crippen molar-refractivity contribution in [2.24, 2.45) is 5.92 Å². The van der Waals surface area contributed by atoms with Gasteiger partial charge in [-0.15, -0.1) is 0 Å². The molecule has 0 aromatic rings. The zero-order valence-corrected chi connectivity index (χ0v) is 10.7. The van der Waals surface area contributed by atoms with Crippen LogP contribution in [0, 0.1) is 5.92 Å². The van der Waals surface area contributed by atoms with Crippen molar-refractivity contribution in [3.05, 3.63) is 0 Å². The van der Waals surface area contributed by atoms with Crippen LogP contribution in [-0.2, 0) is 14.3 Å². The van der Waals surface area contributed by atoms with Gasteiger partial charge in [0, 0.05) is 12.1 Å². The summed E-state index contributed by atoms with van der Waals surface area (Å²) in [5.41, 5.74) is 0. The second-order valence-corrected chi connectivity index (χ2v) is 5.20. The van der Waals surface area contributed by atoms with Crippen molar-refractivity contribution in [3.8, 4) is 0 Å². The summed E-state index contributed by atoms with van der Waals surface area (Å²) in [6, 6.07) is -0.399. The van der Waals surface area contributed by atoms with E-state index in [1.807, 2.05) is 0 Å². The molecule has 3 unspecified atom stereocenters. The molecule has 0 aromatic carbocycles. The Balaban J connectivity index is 1.81. The number of carbonyl (C=O) groups is 2. The van der Waals surface area contributed by atoms with E-state index in [1.165, 1.54) is 4.90 Å². The number of carbonyl (C=O) groups excluding carboxylic acids is 1. The molecular formula is C12H16F3NO4. The molecule has 2 saturated heterocycles. The number of rotatable bonds is 5. The van der Waals surface area contributed by atoms with Gasteiger partial charge < -0.3 is 14.7 Å². The number of halogens is 3. The molecule has 2 fully saturated rings. The second-order valence-electron chi connectivity index (χ2n) is 5.20. The quantitative estimate of drug-likeness (QED) is 0.779. The third kappa shape index (κ3) is 3.23. The van der Waals surface area contributed by atoms with Gasteiger partial charge in [0.15, 0.2) is 0 Å². The van der Waals surface area contributed by atoms with Gasteiger partial charge >= 0.3 is 12.1 Å². The number of aliphatic carboxylic acids is 1. The van der Waals surface area contributed by atoms with Crippen LogP contribution in [0.4, 0.5) is 13.2 Å². The minimum Gasteiger partial charge on any atom is -0.481 e. The summed E-state index contributed by atoms with van der Waals surface area (Å²) in [4.78, 5) is 24.6. The van der Waals surface area contributed by atoms with Gasteiger partial charge in [0.25, 0.3) is 0 Å². The van der Waals surface area contributed by atoms with Crippen LogP contribution in [0.2, 0.25) is 0 Å². The number of hydrogen-bond acceptors (Lipinski definition) is 3. The molecule has 114 valence electrons. The van der Waals surface area contributed by atoms with Gasteiger partial charge in [0.1, 0.15) is 6.61 Å². The van der Waals surface area contributed by atoms with Crippen molar-refractivity contribution < 1.29 is 32.6 Å². The zero-order chi connectivity index (χ0) is 14.9. The predicted octanol–water partition coefficient (Wildman–Crippen LogP) is 1.42. The molecule has 2 bridgehead atoms. The number of carboxylic acid groups (broad SMARTS) is 1. The Morgan fingerprint density at radius 1 is 1.30 bits per heavy atom. The average Bonchev–Trinajstić information content (AvgIpc) is 2.90. The normalized spacial score (nSPS) is 28.9. The Kier molecular flexibility index (Phi) is 4.22. The molecule has 0 spiro atoms. The third-order valence-corrected chi connectivity index (χ3v) is 3.87. The van der Waals surface area contributed by atoms with Crippen LogP contribution < -0.4 is 0 Å². The summed E-state index contributed by atoms with van der Waals surface area (Å²) >= 11 is 0. The molecule has 2 rings (SSSR count). The first-order valence-corrected chi connectivity index (χ1v) is 6.48. The number of amides is 1. The lowest BCUT2D eigenvalue weighted by Gasteiger charge is -2.23. The third-order valence-electron chi connectivity index (χ3n) is 3.87. The molecular weight excluding hydrogens is 279 g/mol. The monoisotopic (exact) mass is 295 g/mol. The SMILES string of the molecule is O=C(O)C1CC2CCC1N2C(=O)CCOCC(F)(F)F. The van der Waals surface area contributed by atoms with Crippen LogP contribution in [-0.4, -0.2) is 53.4 Å². The number of carboxylic acids is 1. The van der Waals surface area contributed by atoms with E-state index >= 15 is 0 Å². The smallest absolute Gasteiger partial charge is 0.411 e. The molecule has 0 saturated carbocycles. The minimum atomic E-state index is -4.40. The summed E-state index contributed by atoms with van der Waals surface area (Å²) in [6.07, 6.45) is -2.69. The largest absolute Gasteiger partial charge is 0.481 e. The van der Waals surface area contributed by atoms with Crippen molar-refractivity contribution in [2.75, 3.05) is 13.2 Å². The highest BCUT2D eigenvalue weighted by Crippen LogP contribution is 2.42. The van der Waals surface area contributed by atoms with Gasteiger partial charge in [-0.25, -0.2) is 0 Å². The Hall–Kier alpha value is -1.31. The maximum Gasteiger partial charge on any atom is 0.411 e. The van der Waals surface area contributed by atoms with Crippen molar-refractivity contribution in [1.82, 2.24) is 4.90 Å². The first kappa shape index (κ1) is 15.1.